The van der Waals surface area contributed by atoms with Crippen molar-refractivity contribution in [3.05, 3.63) is 94.0 Å². The molecule has 3 aromatic carbocycles. The van der Waals surface area contributed by atoms with Crippen LogP contribution in [0.1, 0.15) is 11.1 Å². The van der Waals surface area contributed by atoms with Gasteiger partial charge in [-0.1, -0.05) is 6.07 Å². The van der Waals surface area contributed by atoms with Crippen LogP contribution in [0, 0.1) is 17.0 Å². The number of anilines is 1. The van der Waals surface area contributed by atoms with Gasteiger partial charge in [0.25, 0.3) is 5.69 Å². The van der Waals surface area contributed by atoms with Crippen LogP contribution in [0.2, 0.25) is 0 Å². The summed E-state index contributed by atoms with van der Waals surface area (Å²) >= 11 is 1.64. The first-order chi connectivity index (χ1) is 14.5. The van der Waals surface area contributed by atoms with Crippen LogP contribution in [-0.2, 0) is 4.79 Å². The highest BCUT2D eigenvalue weighted by Gasteiger charge is 2.07. The molecule has 148 valence electrons. The van der Waals surface area contributed by atoms with Crippen LogP contribution in [0.25, 0.3) is 26.9 Å². The number of rotatable bonds is 5. The van der Waals surface area contributed by atoms with Crippen LogP contribution >= 0.6 is 11.3 Å². The number of benzene rings is 3. The average molecular weight is 415 g/mol. The molecule has 0 fully saturated rings. The molecule has 0 aliphatic rings. The number of amides is 1. The van der Waals surface area contributed by atoms with Gasteiger partial charge in [0.15, 0.2) is 0 Å². The molecular weight excluding hydrogens is 398 g/mol. The number of nitrogens with one attached hydrogen (secondary N) is 1. The minimum Gasteiger partial charge on any atom is -0.323 e. The first-order valence-corrected chi connectivity index (χ1v) is 10.0. The van der Waals surface area contributed by atoms with Crippen LogP contribution in [0.3, 0.4) is 0 Å². The zero-order chi connectivity index (χ0) is 21.1. The lowest BCUT2D eigenvalue weighted by molar-refractivity contribution is -0.384. The topological polar surface area (TPSA) is 85.1 Å². The van der Waals surface area contributed by atoms with Gasteiger partial charge in [-0.2, -0.15) is 0 Å². The van der Waals surface area contributed by atoms with Gasteiger partial charge in [-0.3, -0.25) is 14.9 Å². The Balaban J connectivity index is 1.42. The largest absolute Gasteiger partial charge is 0.323 e. The van der Waals surface area contributed by atoms with Crippen molar-refractivity contribution in [2.45, 2.75) is 6.92 Å². The van der Waals surface area contributed by atoms with Crippen molar-refractivity contribution in [3.8, 4) is 10.6 Å². The molecule has 0 saturated heterocycles. The lowest BCUT2D eigenvalue weighted by atomic mass is 10.2. The van der Waals surface area contributed by atoms with Gasteiger partial charge in [-0.25, -0.2) is 4.98 Å². The Morgan fingerprint density at radius 1 is 1.07 bits per heavy atom. The molecule has 0 aliphatic carbocycles. The number of fused-ring (bicyclic) bond motifs is 1. The van der Waals surface area contributed by atoms with E-state index in [0.717, 1.165) is 20.8 Å². The molecule has 4 rings (SSSR count). The first kappa shape index (κ1) is 19.5. The fraction of sp³-hybridized carbons (Fsp3) is 0.0435. The predicted octanol–water partition coefficient (Wildman–Crippen LogP) is 5.83. The van der Waals surface area contributed by atoms with E-state index in [9.17, 15) is 14.9 Å². The molecular formula is C23H17N3O3S. The Kier molecular flexibility index (Phi) is 5.36. The summed E-state index contributed by atoms with van der Waals surface area (Å²) in [5, 5.41) is 14.4. The number of hydrogen-bond donors (Lipinski definition) is 1. The van der Waals surface area contributed by atoms with Crippen LogP contribution < -0.4 is 5.32 Å². The molecule has 1 N–H and O–H groups in total. The van der Waals surface area contributed by atoms with Crippen molar-refractivity contribution < 1.29 is 9.72 Å². The van der Waals surface area contributed by atoms with E-state index in [0.29, 0.717) is 11.3 Å². The summed E-state index contributed by atoms with van der Waals surface area (Å²) in [6.45, 7) is 2.06. The molecule has 0 bridgehead atoms. The van der Waals surface area contributed by atoms with Crippen LogP contribution in [0.5, 0.6) is 0 Å². The number of aromatic nitrogens is 1. The third kappa shape index (κ3) is 4.42. The van der Waals surface area contributed by atoms with Gasteiger partial charge in [-0.05, 0) is 72.7 Å². The number of thiazole rings is 1. The number of nitro groups is 1. The van der Waals surface area contributed by atoms with Gasteiger partial charge in [0.1, 0.15) is 5.01 Å². The van der Waals surface area contributed by atoms with Crippen molar-refractivity contribution >= 4 is 44.9 Å². The zero-order valence-corrected chi connectivity index (χ0v) is 16.8. The summed E-state index contributed by atoms with van der Waals surface area (Å²) in [5.41, 5.74) is 4.58. The van der Waals surface area contributed by atoms with Gasteiger partial charge in [0.05, 0.1) is 15.1 Å². The van der Waals surface area contributed by atoms with Gasteiger partial charge < -0.3 is 5.32 Å². The van der Waals surface area contributed by atoms with Gasteiger partial charge in [-0.15, -0.1) is 11.3 Å². The van der Waals surface area contributed by atoms with Crippen molar-refractivity contribution in [1.29, 1.82) is 0 Å². The van der Waals surface area contributed by atoms with E-state index in [1.807, 2.05) is 30.3 Å². The fourth-order valence-corrected chi connectivity index (χ4v) is 3.98. The number of nitro benzene ring substituents is 1. The van der Waals surface area contributed by atoms with Crippen molar-refractivity contribution in [1.82, 2.24) is 4.98 Å². The summed E-state index contributed by atoms with van der Waals surface area (Å²) in [6, 6.07) is 19.7. The minimum absolute atomic E-state index is 0.0138. The second-order valence-corrected chi connectivity index (χ2v) is 7.77. The number of non-ortho nitro benzene ring substituents is 1. The molecule has 7 heteroatoms. The van der Waals surface area contributed by atoms with Gasteiger partial charge >= 0.3 is 0 Å². The second kappa shape index (κ2) is 8.26. The Bertz CT molecular complexity index is 1260. The maximum Gasteiger partial charge on any atom is 0.269 e. The Morgan fingerprint density at radius 2 is 1.80 bits per heavy atom. The van der Waals surface area contributed by atoms with Crippen molar-refractivity contribution in [2.75, 3.05) is 5.32 Å². The number of aryl methyl sites for hydroxylation is 1. The molecule has 0 spiro atoms. The van der Waals surface area contributed by atoms with Crippen molar-refractivity contribution in [2.24, 2.45) is 0 Å². The first-order valence-electron chi connectivity index (χ1n) is 9.19. The monoisotopic (exact) mass is 415 g/mol. The van der Waals surface area contributed by atoms with Crippen LogP contribution in [0.4, 0.5) is 11.4 Å². The number of nitrogens with zero attached hydrogens (tertiary/aromatic N) is 2. The van der Waals surface area contributed by atoms with Crippen molar-refractivity contribution in [3.63, 3.8) is 0 Å². The van der Waals surface area contributed by atoms with E-state index in [-0.39, 0.29) is 11.6 Å². The van der Waals surface area contributed by atoms with E-state index < -0.39 is 4.92 Å². The predicted molar refractivity (Wildman–Crippen MR) is 121 cm³/mol. The average Bonchev–Trinajstić information content (AvgIpc) is 3.16. The lowest BCUT2D eigenvalue weighted by Crippen LogP contribution is -2.07. The third-order valence-corrected chi connectivity index (χ3v) is 5.54. The SMILES string of the molecule is Cc1ccc2nc(-c3ccc(NC(=O)/C=C/c4ccc([N+](=O)[O-])cc4)cc3)sc2c1. The summed E-state index contributed by atoms with van der Waals surface area (Å²) in [7, 11) is 0. The molecule has 30 heavy (non-hydrogen) atoms. The van der Waals surface area contributed by atoms with E-state index in [2.05, 4.69) is 29.4 Å². The Morgan fingerprint density at radius 3 is 2.50 bits per heavy atom. The molecule has 0 saturated carbocycles. The van der Waals surface area contributed by atoms with Crippen LogP contribution in [0.15, 0.2) is 72.8 Å². The highest BCUT2D eigenvalue weighted by Crippen LogP contribution is 2.31. The highest BCUT2D eigenvalue weighted by molar-refractivity contribution is 7.21. The quantitative estimate of drug-likeness (QED) is 0.252. The third-order valence-electron chi connectivity index (χ3n) is 4.47. The maximum absolute atomic E-state index is 12.1. The number of carbonyl (C=O) groups excluding carboxylic acids is 1. The fourth-order valence-electron chi connectivity index (χ4n) is 2.91. The molecule has 1 amide bonds. The van der Waals surface area contributed by atoms with Gasteiger partial charge in [0.2, 0.25) is 5.91 Å². The molecule has 0 atom stereocenters. The molecule has 1 aromatic heterocycles. The molecule has 6 nitrogen and oxygen atoms in total. The minimum atomic E-state index is -0.459. The molecule has 1 heterocycles. The van der Waals surface area contributed by atoms with Gasteiger partial charge in [0, 0.05) is 29.5 Å². The van der Waals surface area contributed by atoms with E-state index in [4.69, 9.17) is 0 Å². The summed E-state index contributed by atoms with van der Waals surface area (Å²) < 4.78 is 1.15. The summed E-state index contributed by atoms with van der Waals surface area (Å²) in [6.07, 6.45) is 3.00. The smallest absolute Gasteiger partial charge is 0.269 e. The van der Waals surface area contributed by atoms with E-state index in [1.54, 1.807) is 29.5 Å². The molecule has 4 aromatic rings. The Labute approximate surface area is 176 Å². The summed E-state index contributed by atoms with van der Waals surface area (Å²) in [4.78, 5) is 27.0. The number of hydrogen-bond acceptors (Lipinski definition) is 5. The lowest BCUT2D eigenvalue weighted by Gasteiger charge is -2.03. The molecule has 0 radical (unpaired) electrons. The zero-order valence-electron chi connectivity index (χ0n) is 16.0. The maximum atomic E-state index is 12.1. The molecule has 0 aliphatic heterocycles. The van der Waals surface area contributed by atoms with Crippen LogP contribution in [-0.4, -0.2) is 15.8 Å². The Hall–Kier alpha value is -3.84. The normalized spacial score (nSPS) is 11.1. The second-order valence-electron chi connectivity index (χ2n) is 6.74. The van der Waals surface area contributed by atoms with E-state index >= 15 is 0 Å². The highest BCUT2D eigenvalue weighted by atomic mass is 32.1. The number of carbonyl (C=O) groups is 1. The standard InChI is InChI=1S/C23H17N3O3S/c1-15-2-12-20-21(14-15)30-23(25-20)17-6-8-18(9-7-17)24-22(27)13-5-16-3-10-19(11-4-16)26(28)29/h2-14H,1H3,(H,24,27)/b13-5+. The van der Waals surface area contributed by atoms with E-state index in [1.165, 1.54) is 23.8 Å². The summed E-state index contributed by atoms with van der Waals surface area (Å²) in [5.74, 6) is -0.281. The molecule has 0 unspecified atom stereocenters.